The van der Waals surface area contributed by atoms with E-state index in [1.54, 1.807) is 0 Å². The predicted octanol–water partition coefficient (Wildman–Crippen LogP) is -0.426. The highest BCUT2D eigenvalue weighted by atomic mass is 16.5. The first-order valence-corrected chi connectivity index (χ1v) is 4.21. The Hall–Kier alpha value is -0.650. The molecule has 2 atom stereocenters. The van der Waals surface area contributed by atoms with Crippen LogP contribution in [0.2, 0.25) is 0 Å². The van der Waals surface area contributed by atoms with Crippen molar-refractivity contribution in [2.24, 2.45) is 5.73 Å². The number of nitrogens with two attached hydrogens (primary N) is 1. The average Bonchev–Trinajstić information content (AvgIpc) is 2.00. The van der Waals surface area contributed by atoms with Crippen LogP contribution in [0, 0.1) is 0 Å². The number of hydrogen-bond acceptors (Lipinski definition) is 4. The Morgan fingerprint density at radius 2 is 2.08 bits per heavy atom. The van der Waals surface area contributed by atoms with E-state index in [-0.39, 0.29) is 19.1 Å². The topological polar surface area (TPSA) is 92.8 Å². The van der Waals surface area contributed by atoms with Crippen molar-refractivity contribution in [3.05, 3.63) is 0 Å². The number of carboxylic acid groups (broad SMARTS) is 1. The first-order chi connectivity index (χ1) is 5.93. The van der Waals surface area contributed by atoms with Crippen molar-refractivity contribution in [2.75, 3.05) is 6.61 Å². The third-order valence-corrected chi connectivity index (χ3v) is 1.47. The zero-order chi connectivity index (χ0) is 10.4. The number of hydrogen-bond donors (Lipinski definition) is 3. The van der Waals surface area contributed by atoms with Crippen LogP contribution in [-0.4, -0.2) is 41.0 Å². The first kappa shape index (κ1) is 12.3. The number of rotatable bonds is 6. The van der Waals surface area contributed by atoms with Gasteiger partial charge in [-0.05, 0) is 13.8 Å². The number of carbonyl (C=O) groups is 1. The van der Waals surface area contributed by atoms with Gasteiger partial charge in [-0.15, -0.1) is 0 Å². The molecular weight excluding hydrogens is 174 g/mol. The summed E-state index contributed by atoms with van der Waals surface area (Å²) in [7, 11) is 0. The van der Waals surface area contributed by atoms with Crippen LogP contribution >= 0.6 is 0 Å². The van der Waals surface area contributed by atoms with Gasteiger partial charge in [0.05, 0.1) is 18.8 Å². The lowest BCUT2D eigenvalue weighted by molar-refractivity contribution is -0.139. The van der Waals surface area contributed by atoms with E-state index in [4.69, 9.17) is 15.6 Å². The van der Waals surface area contributed by atoms with E-state index < -0.39 is 18.1 Å². The standard InChI is InChI=1S/C8H17NO4/c1-5(2)13-4-6(10)3-7(9)8(11)12/h5-7,10H,3-4,9H2,1-2H3,(H,11,12)/t6?,7-/m0/s1. The van der Waals surface area contributed by atoms with Crippen LogP contribution in [0.4, 0.5) is 0 Å². The minimum Gasteiger partial charge on any atom is -0.480 e. The fourth-order valence-electron chi connectivity index (χ4n) is 0.766. The molecule has 5 heteroatoms. The van der Waals surface area contributed by atoms with E-state index in [0.29, 0.717) is 0 Å². The van der Waals surface area contributed by atoms with Gasteiger partial charge in [-0.3, -0.25) is 4.79 Å². The summed E-state index contributed by atoms with van der Waals surface area (Å²) in [6.45, 7) is 3.80. The van der Waals surface area contributed by atoms with E-state index in [1.165, 1.54) is 0 Å². The number of ether oxygens (including phenoxy) is 1. The predicted molar refractivity (Wildman–Crippen MR) is 47.3 cm³/mol. The van der Waals surface area contributed by atoms with Crippen molar-refractivity contribution in [3.63, 3.8) is 0 Å². The molecule has 4 N–H and O–H groups in total. The molecule has 0 aromatic carbocycles. The van der Waals surface area contributed by atoms with E-state index in [2.05, 4.69) is 0 Å². The van der Waals surface area contributed by atoms with Gasteiger partial charge in [-0.25, -0.2) is 0 Å². The van der Waals surface area contributed by atoms with Crippen LogP contribution in [0.3, 0.4) is 0 Å². The molecule has 0 aliphatic rings. The lowest BCUT2D eigenvalue weighted by Crippen LogP contribution is -2.35. The molecule has 0 aromatic heterocycles. The quantitative estimate of drug-likeness (QED) is 0.530. The van der Waals surface area contributed by atoms with Crippen molar-refractivity contribution >= 4 is 5.97 Å². The maximum absolute atomic E-state index is 10.3. The molecule has 1 unspecified atom stereocenters. The monoisotopic (exact) mass is 191 g/mol. The Kier molecular flexibility index (Phi) is 5.61. The summed E-state index contributed by atoms with van der Waals surface area (Å²) in [5.41, 5.74) is 5.21. The molecule has 0 rings (SSSR count). The van der Waals surface area contributed by atoms with E-state index >= 15 is 0 Å². The van der Waals surface area contributed by atoms with Crippen LogP contribution in [0.15, 0.2) is 0 Å². The smallest absolute Gasteiger partial charge is 0.320 e. The van der Waals surface area contributed by atoms with Crippen LogP contribution in [0.25, 0.3) is 0 Å². The molecule has 0 saturated heterocycles. The summed E-state index contributed by atoms with van der Waals surface area (Å²) in [5.74, 6) is -1.11. The maximum Gasteiger partial charge on any atom is 0.320 e. The lowest BCUT2D eigenvalue weighted by Gasteiger charge is -2.15. The fraction of sp³-hybridized carbons (Fsp3) is 0.875. The SMILES string of the molecule is CC(C)OCC(O)C[C@H](N)C(=O)O. The summed E-state index contributed by atoms with van der Waals surface area (Å²) < 4.78 is 5.09. The highest BCUT2D eigenvalue weighted by molar-refractivity contribution is 5.73. The molecule has 0 saturated carbocycles. The number of aliphatic hydroxyl groups excluding tert-OH is 1. The van der Waals surface area contributed by atoms with Gasteiger partial charge in [-0.2, -0.15) is 0 Å². The Morgan fingerprint density at radius 3 is 2.46 bits per heavy atom. The second-order valence-corrected chi connectivity index (χ2v) is 3.22. The summed E-state index contributed by atoms with van der Waals surface area (Å²) in [6, 6.07) is -1.02. The van der Waals surface area contributed by atoms with Crippen molar-refractivity contribution in [2.45, 2.75) is 38.5 Å². The molecule has 0 aliphatic heterocycles. The molecule has 13 heavy (non-hydrogen) atoms. The zero-order valence-electron chi connectivity index (χ0n) is 7.93. The van der Waals surface area contributed by atoms with Crippen molar-refractivity contribution < 1.29 is 19.7 Å². The molecule has 0 heterocycles. The molecular formula is C8H17NO4. The Balaban J connectivity index is 3.61. The minimum absolute atomic E-state index is 0.0159. The number of aliphatic hydroxyl groups is 1. The van der Waals surface area contributed by atoms with Gasteiger partial charge in [0.25, 0.3) is 0 Å². The van der Waals surface area contributed by atoms with Gasteiger partial charge < -0.3 is 20.7 Å². The van der Waals surface area contributed by atoms with Crippen LogP contribution in [-0.2, 0) is 9.53 Å². The molecule has 78 valence electrons. The van der Waals surface area contributed by atoms with Crippen LogP contribution in [0.1, 0.15) is 20.3 Å². The minimum atomic E-state index is -1.11. The van der Waals surface area contributed by atoms with Gasteiger partial charge >= 0.3 is 5.97 Å². The summed E-state index contributed by atoms with van der Waals surface area (Å²) in [4.78, 5) is 10.3. The highest BCUT2D eigenvalue weighted by Crippen LogP contribution is 1.99. The third kappa shape index (κ3) is 6.51. The average molecular weight is 191 g/mol. The van der Waals surface area contributed by atoms with Gasteiger partial charge in [0, 0.05) is 6.42 Å². The van der Waals surface area contributed by atoms with Crippen molar-refractivity contribution in [1.82, 2.24) is 0 Å². The molecule has 0 radical (unpaired) electrons. The molecule has 0 aliphatic carbocycles. The first-order valence-electron chi connectivity index (χ1n) is 4.21. The van der Waals surface area contributed by atoms with Gasteiger partial charge in [0.15, 0.2) is 0 Å². The highest BCUT2D eigenvalue weighted by Gasteiger charge is 2.16. The molecule has 0 fully saturated rings. The Labute approximate surface area is 77.5 Å². The number of carboxylic acids is 1. The van der Waals surface area contributed by atoms with Crippen molar-refractivity contribution in [3.8, 4) is 0 Å². The van der Waals surface area contributed by atoms with Gasteiger partial charge in [0.2, 0.25) is 0 Å². The maximum atomic E-state index is 10.3. The van der Waals surface area contributed by atoms with Crippen LogP contribution in [0.5, 0.6) is 0 Å². The number of aliphatic carboxylic acids is 1. The molecule has 5 nitrogen and oxygen atoms in total. The lowest BCUT2D eigenvalue weighted by atomic mass is 10.1. The van der Waals surface area contributed by atoms with E-state index in [1.807, 2.05) is 13.8 Å². The molecule has 0 aromatic rings. The van der Waals surface area contributed by atoms with Crippen molar-refractivity contribution in [1.29, 1.82) is 0 Å². The van der Waals surface area contributed by atoms with E-state index in [9.17, 15) is 9.90 Å². The van der Waals surface area contributed by atoms with Crippen LogP contribution < -0.4 is 5.73 Å². The second kappa shape index (κ2) is 5.90. The third-order valence-electron chi connectivity index (χ3n) is 1.47. The summed E-state index contributed by atoms with van der Waals surface area (Å²) in [5, 5.41) is 17.7. The largest absolute Gasteiger partial charge is 0.480 e. The zero-order valence-corrected chi connectivity index (χ0v) is 7.93. The van der Waals surface area contributed by atoms with E-state index in [0.717, 1.165) is 0 Å². The second-order valence-electron chi connectivity index (χ2n) is 3.22. The van der Waals surface area contributed by atoms with Gasteiger partial charge in [-0.1, -0.05) is 0 Å². The fourth-order valence-corrected chi connectivity index (χ4v) is 0.766. The Bertz CT molecular complexity index is 160. The molecule has 0 spiro atoms. The summed E-state index contributed by atoms with van der Waals surface area (Å²) in [6.07, 6.45) is -0.772. The normalized spacial score (nSPS) is 15.8. The van der Waals surface area contributed by atoms with Gasteiger partial charge in [0.1, 0.15) is 6.04 Å². The molecule has 0 amide bonds. The summed E-state index contributed by atoms with van der Waals surface area (Å²) >= 11 is 0. The Morgan fingerprint density at radius 1 is 1.54 bits per heavy atom. The molecule has 0 bridgehead atoms.